The van der Waals surface area contributed by atoms with Crippen LogP contribution >= 0.6 is 15.9 Å². The minimum absolute atomic E-state index is 0.660. The first-order valence-corrected chi connectivity index (χ1v) is 5.80. The fraction of sp³-hybridized carbons (Fsp3) is 0.455. The lowest BCUT2D eigenvalue weighted by Gasteiger charge is -2.13. The van der Waals surface area contributed by atoms with Crippen molar-refractivity contribution >= 4 is 15.9 Å². The van der Waals surface area contributed by atoms with Crippen LogP contribution in [0.2, 0.25) is 0 Å². The number of ether oxygens (including phenoxy) is 2. The fourth-order valence-electron chi connectivity index (χ4n) is 1.30. The van der Waals surface area contributed by atoms with Gasteiger partial charge in [0.15, 0.2) is 11.5 Å². The first kappa shape index (κ1) is 11.4. The molecule has 14 heavy (non-hydrogen) atoms. The van der Waals surface area contributed by atoms with Gasteiger partial charge in [-0.05, 0) is 18.1 Å². The molecule has 0 unspecified atom stereocenters. The quantitative estimate of drug-likeness (QED) is 0.757. The molecule has 0 aromatic heterocycles. The maximum atomic E-state index is 5.63. The summed E-state index contributed by atoms with van der Waals surface area (Å²) in [7, 11) is 1.66. The molecule has 0 heterocycles. The lowest BCUT2D eigenvalue weighted by molar-refractivity contribution is 0.311. The molecule has 0 bridgehead atoms. The Bertz CT molecular complexity index is 264. The van der Waals surface area contributed by atoms with E-state index in [1.807, 2.05) is 12.1 Å². The van der Waals surface area contributed by atoms with Crippen LogP contribution in [0.3, 0.4) is 0 Å². The zero-order valence-electron chi connectivity index (χ0n) is 8.55. The first-order valence-electron chi connectivity index (χ1n) is 4.68. The number of hydrogen-bond acceptors (Lipinski definition) is 2. The van der Waals surface area contributed by atoms with Crippen molar-refractivity contribution in [1.82, 2.24) is 0 Å². The minimum Gasteiger partial charge on any atom is -0.493 e. The first-order chi connectivity index (χ1) is 6.83. The highest BCUT2D eigenvalue weighted by molar-refractivity contribution is 9.09. The highest BCUT2D eigenvalue weighted by atomic mass is 79.9. The third-order valence-corrected chi connectivity index (χ3v) is 2.31. The van der Waals surface area contributed by atoms with Gasteiger partial charge in [-0.15, -0.1) is 0 Å². The van der Waals surface area contributed by atoms with Gasteiger partial charge in [-0.25, -0.2) is 0 Å². The summed E-state index contributed by atoms with van der Waals surface area (Å²) in [6, 6.07) is 5.97. The number of benzene rings is 1. The second kappa shape index (κ2) is 5.91. The smallest absolute Gasteiger partial charge is 0.164 e. The molecule has 1 aromatic carbocycles. The van der Waals surface area contributed by atoms with Crippen molar-refractivity contribution in [3.8, 4) is 11.5 Å². The maximum absolute atomic E-state index is 5.63. The van der Waals surface area contributed by atoms with Gasteiger partial charge in [-0.2, -0.15) is 0 Å². The van der Waals surface area contributed by atoms with E-state index in [-0.39, 0.29) is 0 Å². The number of para-hydroxylation sites is 1. The normalized spacial score (nSPS) is 9.93. The molecule has 0 radical (unpaired) electrons. The molecule has 0 saturated carbocycles. The summed E-state index contributed by atoms with van der Waals surface area (Å²) in [4.78, 5) is 0. The predicted octanol–water partition coefficient (Wildman–Crippen LogP) is 3.03. The molecule has 0 aliphatic carbocycles. The summed E-state index contributed by atoms with van der Waals surface area (Å²) in [6.45, 7) is 2.77. The molecule has 1 aromatic rings. The summed E-state index contributed by atoms with van der Waals surface area (Å²) in [5.74, 6) is 1.68. The largest absolute Gasteiger partial charge is 0.493 e. The lowest BCUT2D eigenvalue weighted by atomic mass is 10.1. The highest BCUT2D eigenvalue weighted by Crippen LogP contribution is 2.31. The Hall–Kier alpha value is -0.700. The monoisotopic (exact) mass is 258 g/mol. The summed E-state index contributed by atoms with van der Waals surface area (Å²) in [6.07, 6.45) is 0.953. The van der Waals surface area contributed by atoms with Crippen molar-refractivity contribution in [3.63, 3.8) is 0 Å². The standard InChI is InChI=1S/C11H15BrO2/c1-3-9-5-4-6-10(13-2)11(9)14-8-7-12/h4-6H,3,7-8H2,1-2H3. The Morgan fingerprint density at radius 1 is 1.36 bits per heavy atom. The fourth-order valence-corrected chi connectivity index (χ4v) is 1.47. The van der Waals surface area contributed by atoms with Crippen molar-refractivity contribution in [2.45, 2.75) is 13.3 Å². The molecular weight excluding hydrogens is 244 g/mol. The number of alkyl halides is 1. The molecule has 0 fully saturated rings. The predicted molar refractivity (Wildman–Crippen MR) is 61.7 cm³/mol. The van der Waals surface area contributed by atoms with Gasteiger partial charge < -0.3 is 9.47 Å². The Kier molecular flexibility index (Phi) is 4.80. The van der Waals surface area contributed by atoms with Crippen LogP contribution in [0.15, 0.2) is 18.2 Å². The van der Waals surface area contributed by atoms with Crippen LogP contribution in [0.5, 0.6) is 11.5 Å². The zero-order chi connectivity index (χ0) is 10.4. The van der Waals surface area contributed by atoms with E-state index in [2.05, 4.69) is 28.9 Å². The lowest BCUT2D eigenvalue weighted by Crippen LogP contribution is -2.02. The second-order valence-corrected chi connectivity index (χ2v) is 3.63. The van der Waals surface area contributed by atoms with Crippen molar-refractivity contribution < 1.29 is 9.47 Å². The van der Waals surface area contributed by atoms with E-state index in [0.29, 0.717) is 6.61 Å². The molecule has 3 heteroatoms. The van der Waals surface area contributed by atoms with Crippen molar-refractivity contribution in [2.24, 2.45) is 0 Å². The topological polar surface area (TPSA) is 18.5 Å². The molecule has 0 aliphatic heterocycles. The highest BCUT2D eigenvalue weighted by Gasteiger charge is 2.08. The number of aryl methyl sites for hydroxylation is 1. The van der Waals surface area contributed by atoms with Crippen molar-refractivity contribution in [3.05, 3.63) is 23.8 Å². The number of hydrogen-bond donors (Lipinski definition) is 0. The average Bonchev–Trinajstić information content (AvgIpc) is 2.25. The van der Waals surface area contributed by atoms with Crippen molar-refractivity contribution in [1.29, 1.82) is 0 Å². The van der Waals surface area contributed by atoms with Gasteiger partial charge in [0, 0.05) is 5.33 Å². The van der Waals surface area contributed by atoms with Gasteiger partial charge in [-0.1, -0.05) is 35.0 Å². The van der Waals surface area contributed by atoms with Gasteiger partial charge in [0.25, 0.3) is 0 Å². The van der Waals surface area contributed by atoms with Gasteiger partial charge >= 0.3 is 0 Å². The Morgan fingerprint density at radius 3 is 2.71 bits per heavy atom. The second-order valence-electron chi connectivity index (χ2n) is 2.84. The third-order valence-electron chi connectivity index (χ3n) is 1.98. The van der Waals surface area contributed by atoms with E-state index in [0.717, 1.165) is 23.2 Å². The van der Waals surface area contributed by atoms with E-state index in [4.69, 9.17) is 9.47 Å². The molecule has 0 atom stereocenters. The Morgan fingerprint density at radius 2 is 2.14 bits per heavy atom. The van der Waals surface area contributed by atoms with Crippen LogP contribution in [-0.2, 0) is 6.42 Å². The van der Waals surface area contributed by atoms with Crippen LogP contribution in [-0.4, -0.2) is 19.0 Å². The molecule has 2 nitrogen and oxygen atoms in total. The summed E-state index contributed by atoms with van der Waals surface area (Å²) >= 11 is 3.33. The van der Waals surface area contributed by atoms with E-state index >= 15 is 0 Å². The van der Waals surface area contributed by atoms with E-state index < -0.39 is 0 Å². The molecule has 0 amide bonds. The number of rotatable bonds is 5. The third kappa shape index (κ3) is 2.64. The summed E-state index contributed by atoms with van der Waals surface area (Å²) in [5, 5.41) is 0.828. The van der Waals surface area contributed by atoms with E-state index in [9.17, 15) is 0 Å². The Balaban J connectivity index is 2.93. The molecular formula is C11H15BrO2. The van der Waals surface area contributed by atoms with Crippen LogP contribution < -0.4 is 9.47 Å². The van der Waals surface area contributed by atoms with E-state index in [1.165, 1.54) is 5.56 Å². The molecule has 78 valence electrons. The van der Waals surface area contributed by atoms with Crippen LogP contribution in [0, 0.1) is 0 Å². The Labute approximate surface area is 93.4 Å². The zero-order valence-corrected chi connectivity index (χ0v) is 10.1. The van der Waals surface area contributed by atoms with Crippen LogP contribution in [0.4, 0.5) is 0 Å². The average molecular weight is 259 g/mol. The molecule has 0 spiro atoms. The summed E-state index contributed by atoms with van der Waals surface area (Å²) < 4.78 is 10.9. The SMILES string of the molecule is CCc1cccc(OC)c1OCCBr. The molecule has 0 aliphatic rings. The van der Waals surface area contributed by atoms with Crippen LogP contribution in [0.25, 0.3) is 0 Å². The number of halogens is 1. The van der Waals surface area contributed by atoms with E-state index in [1.54, 1.807) is 7.11 Å². The number of methoxy groups -OCH3 is 1. The van der Waals surface area contributed by atoms with Gasteiger partial charge in [0.1, 0.15) is 0 Å². The molecule has 1 rings (SSSR count). The maximum Gasteiger partial charge on any atom is 0.164 e. The van der Waals surface area contributed by atoms with Gasteiger partial charge in [-0.3, -0.25) is 0 Å². The molecule has 0 N–H and O–H groups in total. The van der Waals surface area contributed by atoms with Gasteiger partial charge in [0.05, 0.1) is 13.7 Å². The minimum atomic E-state index is 0.660. The van der Waals surface area contributed by atoms with Crippen LogP contribution in [0.1, 0.15) is 12.5 Å². The summed E-state index contributed by atoms with van der Waals surface area (Å²) in [5.41, 5.74) is 1.19. The molecule has 0 saturated heterocycles. The van der Waals surface area contributed by atoms with Gasteiger partial charge in [0.2, 0.25) is 0 Å². The van der Waals surface area contributed by atoms with Crippen molar-refractivity contribution in [2.75, 3.05) is 19.0 Å².